The van der Waals surface area contributed by atoms with Gasteiger partial charge < -0.3 is 5.32 Å². The molecule has 2 N–H and O–H groups in total. The first-order chi connectivity index (χ1) is 8.27. The Morgan fingerprint density at radius 3 is 3.00 bits per heavy atom. The number of nitrogens with zero attached hydrogens (tertiary/aromatic N) is 2. The van der Waals surface area contributed by atoms with Gasteiger partial charge >= 0.3 is 0 Å². The number of nitrogens with one attached hydrogen (secondary N) is 2. The topological polar surface area (TPSA) is 53.6 Å². The predicted molar refractivity (Wildman–Crippen MR) is 69.4 cm³/mol. The number of H-pyrrole nitrogens is 1. The predicted octanol–water partition coefficient (Wildman–Crippen LogP) is 2.81. The highest BCUT2D eigenvalue weighted by atomic mass is 35.5. The molecule has 0 saturated heterocycles. The highest BCUT2D eigenvalue weighted by molar-refractivity contribution is 6.33. The SMILES string of the molecule is Cc1[nH]ncc1CCCNc1ccncc1Cl. The first-order valence-electron chi connectivity index (χ1n) is 5.59. The summed E-state index contributed by atoms with van der Waals surface area (Å²) in [6.45, 7) is 2.92. The molecule has 0 saturated carbocycles. The third-order valence-corrected chi connectivity index (χ3v) is 2.95. The van der Waals surface area contributed by atoms with E-state index in [9.17, 15) is 0 Å². The second-order valence-electron chi connectivity index (χ2n) is 3.91. The molecule has 5 heteroatoms. The molecule has 2 heterocycles. The van der Waals surface area contributed by atoms with Crippen molar-refractivity contribution < 1.29 is 0 Å². The number of hydrogen-bond acceptors (Lipinski definition) is 3. The molecule has 0 spiro atoms. The minimum absolute atomic E-state index is 0.659. The van der Waals surface area contributed by atoms with Crippen LogP contribution in [0.25, 0.3) is 0 Å². The summed E-state index contributed by atoms with van der Waals surface area (Å²) in [6, 6.07) is 1.88. The minimum atomic E-state index is 0.659. The normalized spacial score (nSPS) is 10.5. The summed E-state index contributed by atoms with van der Waals surface area (Å²) >= 11 is 5.99. The Bertz CT molecular complexity index is 481. The zero-order chi connectivity index (χ0) is 12.1. The Labute approximate surface area is 105 Å². The Kier molecular flexibility index (Phi) is 3.98. The summed E-state index contributed by atoms with van der Waals surface area (Å²) in [7, 11) is 0. The molecule has 0 atom stereocenters. The van der Waals surface area contributed by atoms with E-state index in [2.05, 4.69) is 20.5 Å². The first kappa shape index (κ1) is 11.9. The fourth-order valence-electron chi connectivity index (χ4n) is 1.65. The summed E-state index contributed by atoms with van der Waals surface area (Å²) in [6.07, 6.45) is 7.31. The molecule has 17 heavy (non-hydrogen) atoms. The number of rotatable bonds is 5. The van der Waals surface area contributed by atoms with Crippen LogP contribution in [-0.2, 0) is 6.42 Å². The lowest BCUT2D eigenvalue weighted by molar-refractivity contribution is 0.857. The average Bonchev–Trinajstić information content (AvgIpc) is 2.73. The smallest absolute Gasteiger partial charge is 0.0820 e. The molecule has 0 radical (unpaired) electrons. The van der Waals surface area contributed by atoms with Gasteiger partial charge in [-0.2, -0.15) is 5.10 Å². The molecule has 4 nitrogen and oxygen atoms in total. The maximum Gasteiger partial charge on any atom is 0.0820 e. The largest absolute Gasteiger partial charge is 0.384 e. The van der Waals surface area contributed by atoms with Crippen LogP contribution in [0.3, 0.4) is 0 Å². The highest BCUT2D eigenvalue weighted by Crippen LogP contribution is 2.19. The fourth-order valence-corrected chi connectivity index (χ4v) is 1.83. The highest BCUT2D eigenvalue weighted by Gasteiger charge is 2.01. The molecule has 2 rings (SSSR count). The number of pyridine rings is 1. The number of halogens is 1. The van der Waals surface area contributed by atoms with E-state index in [1.807, 2.05) is 19.2 Å². The van der Waals surface area contributed by atoms with Crippen molar-refractivity contribution in [2.24, 2.45) is 0 Å². The minimum Gasteiger partial charge on any atom is -0.384 e. The monoisotopic (exact) mass is 250 g/mol. The van der Waals surface area contributed by atoms with Crippen LogP contribution in [0.5, 0.6) is 0 Å². The third-order valence-electron chi connectivity index (χ3n) is 2.65. The molecule has 0 aliphatic heterocycles. The molecular formula is C12H15ClN4. The number of aryl methyl sites for hydroxylation is 2. The van der Waals surface area contributed by atoms with Crippen molar-refractivity contribution in [1.29, 1.82) is 0 Å². The molecule has 2 aromatic heterocycles. The lowest BCUT2D eigenvalue weighted by Gasteiger charge is -2.07. The number of aromatic nitrogens is 3. The molecule has 0 fully saturated rings. The van der Waals surface area contributed by atoms with Crippen molar-refractivity contribution in [3.63, 3.8) is 0 Å². The van der Waals surface area contributed by atoms with Crippen LogP contribution in [0.15, 0.2) is 24.7 Å². The standard InChI is InChI=1S/C12H15ClN4/c1-9-10(7-16-17-9)3-2-5-15-12-4-6-14-8-11(12)13/h4,6-8H,2-3,5H2,1H3,(H,14,15)(H,16,17). The van der Waals surface area contributed by atoms with Crippen molar-refractivity contribution in [3.8, 4) is 0 Å². The molecule has 0 aliphatic rings. The Balaban J connectivity index is 1.77. The summed E-state index contributed by atoms with van der Waals surface area (Å²) < 4.78 is 0. The van der Waals surface area contributed by atoms with Crippen molar-refractivity contribution in [1.82, 2.24) is 15.2 Å². The summed E-state index contributed by atoms with van der Waals surface area (Å²) in [4.78, 5) is 3.94. The van der Waals surface area contributed by atoms with Crippen molar-refractivity contribution >= 4 is 17.3 Å². The third kappa shape index (κ3) is 3.20. The van der Waals surface area contributed by atoms with E-state index >= 15 is 0 Å². The van der Waals surface area contributed by atoms with E-state index in [0.717, 1.165) is 30.8 Å². The van der Waals surface area contributed by atoms with Crippen LogP contribution in [0, 0.1) is 6.92 Å². The second kappa shape index (κ2) is 5.68. The number of anilines is 1. The zero-order valence-corrected chi connectivity index (χ0v) is 10.5. The zero-order valence-electron chi connectivity index (χ0n) is 9.70. The lowest BCUT2D eigenvalue weighted by atomic mass is 10.1. The van der Waals surface area contributed by atoms with Gasteiger partial charge in [-0.1, -0.05) is 11.6 Å². The van der Waals surface area contributed by atoms with Gasteiger partial charge in [-0.05, 0) is 31.4 Å². The number of aromatic amines is 1. The Hall–Kier alpha value is -1.55. The molecule has 0 amide bonds. The summed E-state index contributed by atoms with van der Waals surface area (Å²) in [5.74, 6) is 0. The van der Waals surface area contributed by atoms with Crippen molar-refractivity contribution in [3.05, 3.63) is 40.9 Å². The van der Waals surface area contributed by atoms with Gasteiger partial charge in [0.2, 0.25) is 0 Å². The van der Waals surface area contributed by atoms with Gasteiger partial charge in [0.05, 0.1) is 16.9 Å². The van der Waals surface area contributed by atoms with E-state index in [1.54, 1.807) is 12.4 Å². The van der Waals surface area contributed by atoms with E-state index in [1.165, 1.54) is 5.56 Å². The molecule has 0 aliphatic carbocycles. The van der Waals surface area contributed by atoms with Gasteiger partial charge in [0, 0.05) is 24.6 Å². The maximum absolute atomic E-state index is 5.99. The first-order valence-corrected chi connectivity index (χ1v) is 5.97. The van der Waals surface area contributed by atoms with Gasteiger partial charge in [-0.25, -0.2) is 0 Å². The van der Waals surface area contributed by atoms with Crippen LogP contribution in [0.4, 0.5) is 5.69 Å². The molecule has 90 valence electrons. The van der Waals surface area contributed by atoms with E-state index < -0.39 is 0 Å². The average molecular weight is 251 g/mol. The van der Waals surface area contributed by atoms with Crippen LogP contribution in [0.1, 0.15) is 17.7 Å². The van der Waals surface area contributed by atoms with Gasteiger partial charge in [0.25, 0.3) is 0 Å². The summed E-state index contributed by atoms with van der Waals surface area (Å²) in [5, 5.41) is 10.9. The molecule has 0 aromatic carbocycles. The van der Waals surface area contributed by atoms with Crippen LogP contribution >= 0.6 is 11.6 Å². The number of hydrogen-bond donors (Lipinski definition) is 2. The summed E-state index contributed by atoms with van der Waals surface area (Å²) in [5.41, 5.74) is 3.35. The van der Waals surface area contributed by atoms with Gasteiger partial charge in [-0.15, -0.1) is 0 Å². The molecular weight excluding hydrogens is 236 g/mol. The Morgan fingerprint density at radius 1 is 1.41 bits per heavy atom. The molecule has 2 aromatic rings. The van der Waals surface area contributed by atoms with Crippen LogP contribution in [-0.4, -0.2) is 21.7 Å². The van der Waals surface area contributed by atoms with Gasteiger partial charge in [0.15, 0.2) is 0 Å². The fraction of sp³-hybridized carbons (Fsp3) is 0.333. The van der Waals surface area contributed by atoms with Crippen LogP contribution < -0.4 is 5.32 Å². The lowest BCUT2D eigenvalue weighted by Crippen LogP contribution is -2.03. The quantitative estimate of drug-likeness (QED) is 0.803. The maximum atomic E-state index is 5.99. The van der Waals surface area contributed by atoms with Gasteiger partial charge in [-0.3, -0.25) is 10.1 Å². The molecule has 0 unspecified atom stereocenters. The van der Waals surface area contributed by atoms with Crippen molar-refractivity contribution in [2.45, 2.75) is 19.8 Å². The van der Waals surface area contributed by atoms with E-state index in [4.69, 9.17) is 11.6 Å². The molecule has 0 bridgehead atoms. The van der Waals surface area contributed by atoms with E-state index in [0.29, 0.717) is 5.02 Å². The van der Waals surface area contributed by atoms with Crippen LogP contribution in [0.2, 0.25) is 5.02 Å². The van der Waals surface area contributed by atoms with Crippen molar-refractivity contribution in [2.75, 3.05) is 11.9 Å². The Morgan fingerprint density at radius 2 is 2.29 bits per heavy atom. The van der Waals surface area contributed by atoms with Gasteiger partial charge in [0.1, 0.15) is 0 Å². The van der Waals surface area contributed by atoms with E-state index in [-0.39, 0.29) is 0 Å². The second-order valence-corrected chi connectivity index (χ2v) is 4.31.